The zero-order chi connectivity index (χ0) is 13.9. The molecule has 0 aliphatic rings. The van der Waals surface area contributed by atoms with E-state index in [-0.39, 0.29) is 5.84 Å². The van der Waals surface area contributed by atoms with Crippen LogP contribution < -0.4 is 5.73 Å². The van der Waals surface area contributed by atoms with Crippen molar-refractivity contribution in [2.24, 2.45) is 5.73 Å². The summed E-state index contributed by atoms with van der Waals surface area (Å²) in [6.45, 7) is 0. The maximum atomic E-state index is 7.34. The van der Waals surface area contributed by atoms with E-state index in [4.69, 9.17) is 15.6 Å². The van der Waals surface area contributed by atoms with Gasteiger partial charge in [-0.05, 0) is 24.3 Å². The van der Waals surface area contributed by atoms with Crippen molar-refractivity contribution in [3.63, 3.8) is 0 Å². The number of benzene rings is 1. The SMILES string of the molecule is N=C(N)c1ccc(-c2ccc(-c3ccccc3)o2)nc1. The number of hydrogen-bond acceptors (Lipinski definition) is 3. The molecule has 0 radical (unpaired) electrons. The number of nitrogens with two attached hydrogens (primary N) is 1. The van der Waals surface area contributed by atoms with Crippen LogP contribution in [0.15, 0.2) is 65.2 Å². The molecule has 4 heteroatoms. The topological polar surface area (TPSA) is 75.9 Å². The van der Waals surface area contributed by atoms with Crippen LogP contribution in [0.4, 0.5) is 0 Å². The Labute approximate surface area is 116 Å². The first-order valence-corrected chi connectivity index (χ1v) is 6.20. The molecule has 98 valence electrons. The van der Waals surface area contributed by atoms with Gasteiger partial charge in [0.25, 0.3) is 0 Å². The molecule has 2 aromatic heterocycles. The Hall–Kier alpha value is -2.88. The van der Waals surface area contributed by atoms with Crippen LogP contribution in [-0.2, 0) is 0 Å². The van der Waals surface area contributed by atoms with Crippen molar-refractivity contribution in [3.05, 3.63) is 66.4 Å². The average molecular weight is 263 g/mol. The number of pyridine rings is 1. The van der Waals surface area contributed by atoms with Crippen LogP contribution in [0, 0.1) is 5.41 Å². The minimum atomic E-state index is 0.00784. The van der Waals surface area contributed by atoms with Gasteiger partial charge in [-0.2, -0.15) is 0 Å². The molecule has 0 unspecified atom stereocenters. The lowest BCUT2D eigenvalue weighted by Gasteiger charge is -2.00. The molecule has 0 bridgehead atoms. The van der Waals surface area contributed by atoms with Gasteiger partial charge in [-0.25, -0.2) is 0 Å². The molecule has 2 heterocycles. The van der Waals surface area contributed by atoms with Gasteiger partial charge in [0.15, 0.2) is 5.76 Å². The number of nitrogen functional groups attached to an aromatic ring is 1. The summed E-state index contributed by atoms with van der Waals surface area (Å²) in [4.78, 5) is 4.26. The highest BCUT2D eigenvalue weighted by molar-refractivity contribution is 5.94. The summed E-state index contributed by atoms with van der Waals surface area (Å²) in [7, 11) is 0. The Morgan fingerprint density at radius 3 is 2.35 bits per heavy atom. The van der Waals surface area contributed by atoms with Gasteiger partial charge in [-0.1, -0.05) is 30.3 Å². The number of furan rings is 1. The van der Waals surface area contributed by atoms with E-state index < -0.39 is 0 Å². The maximum Gasteiger partial charge on any atom is 0.153 e. The van der Waals surface area contributed by atoms with Gasteiger partial charge in [-0.15, -0.1) is 0 Å². The standard InChI is InChI=1S/C16H13N3O/c17-16(18)12-6-7-13(19-10-12)15-9-8-14(20-15)11-4-2-1-3-5-11/h1-10H,(H3,17,18). The number of rotatable bonds is 3. The summed E-state index contributed by atoms with van der Waals surface area (Å²) in [5, 5.41) is 7.34. The summed E-state index contributed by atoms with van der Waals surface area (Å²) >= 11 is 0. The first kappa shape index (κ1) is 12.2. The number of amidine groups is 1. The molecule has 0 amide bonds. The van der Waals surface area contributed by atoms with E-state index in [0.29, 0.717) is 11.3 Å². The van der Waals surface area contributed by atoms with E-state index in [1.54, 1.807) is 18.3 Å². The molecule has 0 aliphatic heterocycles. The minimum Gasteiger partial charge on any atom is -0.454 e. The molecule has 0 saturated heterocycles. The van der Waals surface area contributed by atoms with Crippen molar-refractivity contribution >= 4 is 5.84 Å². The van der Waals surface area contributed by atoms with E-state index in [1.807, 2.05) is 42.5 Å². The second-order valence-corrected chi connectivity index (χ2v) is 4.38. The van der Waals surface area contributed by atoms with E-state index in [0.717, 1.165) is 17.0 Å². The number of nitrogens with one attached hydrogen (secondary N) is 1. The van der Waals surface area contributed by atoms with Gasteiger partial charge >= 0.3 is 0 Å². The fourth-order valence-corrected chi connectivity index (χ4v) is 1.93. The summed E-state index contributed by atoms with van der Waals surface area (Å²) in [6.07, 6.45) is 1.57. The molecule has 20 heavy (non-hydrogen) atoms. The van der Waals surface area contributed by atoms with Crippen LogP contribution in [-0.4, -0.2) is 10.8 Å². The second kappa shape index (κ2) is 5.01. The Morgan fingerprint density at radius 1 is 0.950 bits per heavy atom. The Morgan fingerprint density at radius 2 is 1.70 bits per heavy atom. The van der Waals surface area contributed by atoms with Gasteiger partial charge in [0, 0.05) is 17.3 Å². The highest BCUT2D eigenvalue weighted by atomic mass is 16.3. The molecule has 0 aliphatic carbocycles. The van der Waals surface area contributed by atoms with Gasteiger partial charge in [0.1, 0.15) is 17.3 Å². The lowest BCUT2D eigenvalue weighted by molar-refractivity contribution is 0.595. The van der Waals surface area contributed by atoms with Gasteiger partial charge in [0.2, 0.25) is 0 Å². The van der Waals surface area contributed by atoms with Crippen LogP contribution in [0.2, 0.25) is 0 Å². The van der Waals surface area contributed by atoms with Crippen molar-refractivity contribution < 1.29 is 4.42 Å². The first-order valence-electron chi connectivity index (χ1n) is 6.20. The first-order chi connectivity index (χ1) is 9.74. The molecule has 0 atom stereocenters. The van der Waals surface area contributed by atoms with Crippen molar-refractivity contribution in [2.45, 2.75) is 0 Å². The van der Waals surface area contributed by atoms with Crippen molar-refractivity contribution in [2.75, 3.05) is 0 Å². The van der Waals surface area contributed by atoms with Crippen LogP contribution in [0.3, 0.4) is 0 Å². The van der Waals surface area contributed by atoms with Crippen LogP contribution in [0.25, 0.3) is 22.8 Å². The number of aromatic nitrogens is 1. The van der Waals surface area contributed by atoms with E-state index >= 15 is 0 Å². The smallest absolute Gasteiger partial charge is 0.153 e. The van der Waals surface area contributed by atoms with Crippen LogP contribution in [0.1, 0.15) is 5.56 Å². The lowest BCUT2D eigenvalue weighted by Crippen LogP contribution is -2.11. The van der Waals surface area contributed by atoms with E-state index in [2.05, 4.69) is 4.98 Å². The molecule has 3 N–H and O–H groups in total. The number of nitrogens with zero attached hydrogens (tertiary/aromatic N) is 1. The highest BCUT2D eigenvalue weighted by Gasteiger charge is 2.08. The monoisotopic (exact) mass is 263 g/mol. The summed E-state index contributed by atoms with van der Waals surface area (Å²) in [5.41, 5.74) is 7.75. The quantitative estimate of drug-likeness (QED) is 0.562. The molecule has 3 aromatic rings. The molecular formula is C16H13N3O. The predicted octanol–water partition coefficient (Wildman–Crippen LogP) is 3.29. The maximum absolute atomic E-state index is 7.34. The third kappa shape index (κ3) is 2.31. The highest BCUT2D eigenvalue weighted by Crippen LogP contribution is 2.27. The third-order valence-corrected chi connectivity index (χ3v) is 2.99. The van der Waals surface area contributed by atoms with Crippen LogP contribution >= 0.6 is 0 Å². The Kier molecular flexibility index (Phi) is 3.05. The van der Waals surface area contributed by atoms with Gasteiger partial charge in [-0.3, -0.25) is 10.4 Å². The Balaban J connectivity index is 1.92. The van der Waals surface area contributed by atoms with E-state index in [9.17, 15) is 0 Å². The Bertz CT molecular complexity index is 730. The molecule has 0 spiro atoms. The normalized spacial score (nSPS) is 10.4. The summed E-state index contributed by atoms with van der Waals surface area (Å²) < 4.78 is 5.81. The summed E-state index contributed by atoms with van der Waals surface area (Å²) in [5.74, 6) is 1.51. The van der Waals surface area contributed by atoms with Crippen molar-refractivity contribution in [3.8, 4) is 22.8 Å². The van der Waals surface area contributed by atoms with Gasteiger partial charge in [0.05, 0.1) is 0 Å². The third-order valence-electron chi connectivity index (χ3n) is 2.99. The largest absolute Gasteiger partial charge is 0.454 e. The zero-order valence-corrected chi connectivity index (χ0v) is 10.7. The molecule has 4 nitrogen and oxygen atoms in total. The minimum absolute atomic E-state index is 0.00784. The molecular weight excluding hydrogens is 250 g/mol. The van der Waals surface area contributed by atoms with Crippen LogP contribution in [0.5, 0.6) is 0 Å². The lowest BCUT2D eigenvalue weighted by atomic mass is 10.2. The summed E-state index contributed by atoms with van der Waals surface area (Å²) in [6, 6.07) is 17.3. The predicted molar refractivity (Wildman–Crippen MR) is 78.4 cm³/mol. The van der Waals surface area contributed by atoms with E-state index in [1.165, 1.54) is 0 Å². The number of hydrogen-bond donors (Lipinski definition) is 2. The molecule has 0 saturated carbocycles. The fourth-order valence-electron chi connectivity index (χ4n) is 1.93. The second-order valence-electron chi connectivity index (χ2n) is 4.38. The molecule has 3 rings (SSSR count). The van der Waals surface area contributed by atoms with Crippen molar-refractivity contribution in [1.29, 1.82) is 5.41 Å². The van der Waals surface area contributed by atoms with Gasteiger partial charge < -0.3 is 10.2 Å². The zero-order valence-electron chi connectivity index (χ0n) is 10.7. The van der Waals surface area contributed by atoms with Crippen molar-refractivity contribution in [1.82, 2.24) is 4.98 Å². The molecule has 0 fully saturated rings. The average Bonchev–Trinajstić information content (AvgIpc) is 2.98. The molecule has 1 aromatic carbocycles. The fraction of sp³-hybridized carbons (Fsp3) is 0.